The van der Waals surface area contributed by atoms with E-state index >= 15 is 0 Å². The number of anilines is 1. The highest BCUT2D eigenvalue weighted by Crippen LogP contribution is 2.30. The Bertz CT molecular complexity index is 598. The van der Waals surface area contributed by atoms with Gasteiger partial charge in [-0.1, -0.05) is 22.0 Å². The maximum atomic E-state index is 5.90. The quantitative estimate of drug-likeness (QED) is 0.861. The largest absolute Gasteiger partial charge is 0.437 e. The summed E-state index contributed by atoms with van der Waals surface area (Å²) in [5, 5.41) is 0. The summed E-state index contributed by atoms with van der Waals surface area (Å²) in [6, 6.07) is 9.57. The van der Waals surface area contributed by atoms with Crippen LogP contribution in [0.2, 0.25) is 0 Å². The van der Waals surface area contributed by atoms with E-state index in [1.54, 1.807) is 0 Å². The Kier molecular flexibility index (Phi) is 2.96. The van der Waals surface area contributed by atoms with Gasteiger partial charge in [0.25, 0.3) is 0 Å². The molecular formula is C14H13BrN2O. The van der Waals surface area contributed by atoms with Crippen molar-refractivity contribution in [3.05, 3.63) is 46.1 Å². The summed E-state index contributed by atoms with van der Waals surface area (Å²) < 4.78 is 6.67. The Balaban J connectivity index is 1.88. The zero-order valence-corrected chi connectivity index (χ0v) is 11.4. The van der Waals surface area contributed by atoms with Crippen molar-refractivity contribution in [3.63, 3.8) is 0 Å². The van der Waals surface area contributed by atoms with Crippen molar-refractivity contribution in [2.24, 2.45) is 0 Å². The van der Waals surface area contributed by atoms with Gasteiger partial charge >= 0.3 is 0 Å². The Morgan fingerprint density at radius 2 is 2.06 bits per heavy atom. The lowest BCUT2D eigenvalue weighted by molar-refractivity contribution is 0.463. The van der Waals surface area contributed by atoms with E-state index < -0.39 is 0 Å². The third-order valence-corrected chi connectivity index (χ3v) is 3.58. The monoisotopic (exact) mass is 304 g/mol. The van der Waals surface area contributed by atoms with E-state index in [9.17, 15) is 0 Å². The fraction of sp³-hybridized carbons (Fsp3) is 0.214. The Hall–Kier alpha value is -1.55. The van der Waals surface area contributed by atoms with Crippen molar-refractivity contribution in [2.45, 2.75) is 19.3 Å². The summed E-state index contributed by atoms with van der Waals surface area (Å²) in [5.74, 6) is 1.26. The number of ether oxygens (including phenoxy) is 1. The van der Waals surface area contributed by atoms with Crippen LogP contribution in [0.15, 0.2) is 34.8 Å². The van der Waals surface area contributed by atoms with Gasteiger partial charge in [-0.25, -0.2) is 4.98 Å². The molecule has 3 nitrogen and oxygen atoms in total. The Morgan fingerprint density at radius 1 is 1.17 bits per heavy atom. The molecule has 1 aromatic heterocycles. The van der Waals surface area contributed by atoms with Gasteiger partial charge in [0.1, 0.15) is 0 Å². The lowest BCUT2D eigenvalue weighted by Gasteiger charge is -2.09. The fourth-order valence-electron chi connectivity index (χ4n) is 2.18. The minimum Gasteiger partial charge on any atom is -0.437 e. The first-order valence-corrected chi connectivity index (χ1v) is 6.73. The molecule has 0 bridgehead atoms. The third kappa shape index (κ3) is 2.20. The van der Waals surface area contributed by atoms with Gasteiger partial charge in [-0.3, -0.25) is 0 Å². The maximum Gasteiger partial charge on any atom is 0.219 e. The highest BCUT2D eigenvalue weighted by Gasteiger charge is 2.13. The fourth-order valence-corrected chi connectivity index (χ4v) is 2.56. The summed E-state index contributed by atoms with van der Waals surface area (Å²) >= 11 is 3.37. The van der Waals surface area contributed by atoms with Gasteiger partial charge < -0.3 is 10.5 Å². The smallest absolute Gasteiger partial charge is 0.219 e. The first-order chi connectivity index (χ1) is 8.72. The number of hydrogen-bond acceptors (Lipinski definition) is 3. The lowest BCUT2D eigenvalue weighted by atomic mass is 10.2. The van der Waals surface area contributed by atoms with Crippen LogP contribution in [-0.2, 0) is 12.8 Å². The molecule has 0 saturated carbocycles. The number of rotatable bonds is 2. The van der Waals surface area contributed by atoms with Crippen LogP contribution in [0.4, 0.5) is 5.69 Å². The number of aryl methyl sites for hydroxylation is 2. The van der Waals surface area contributed by atoms with Crippen molar-refractivity contribution >= 4 is 21.6 Å². The van der Waals surface area contributed by atoms with Gasteiger partial charge in [-0.05, 0) is 43.0 Å². The second-order valence-corrected chi connectivity index (χ2v) is 5.31. The zero-order chi connectivity index (χ0) is 12.5. The second-order valence-electron chi connectivity index (χ2n) is 4.39. The van der Waals surface area contributed by atoms with Crippen LogP contribution < -0.4 is 10.5 Å². The average Bonchev–Trinajstić information content (AvgIpc) is 2.80. The summed E-state index contributed by atoms with van der Waals surface area (Å²) in [6.07, 6.45) is 3.36. The average molecular weight is 305 g/mol. The number of nitrogen functional groups attached to an aromatic ring is 1. The summed E-state index contributed by atoms with van der Waals surface area (Å²) in [5.41, 5.74) is 9.00. The van der Waals surface area contributed by atoms with Crippen LogP contribution in [0, 0.1) is 0 Å². The normalized spacial score (nSPS) is 13.4. The van der Waals surface area contributed by atoms with Crippen molar-refractivity contribution in [2.75, 3.05) is 5.73 Å². The van der Waals surface area contributed by atoms with Gasteiger partial charge in [0.15, 0.2) is 5.75 Å². The number of hydrogen-bond donors (Lipinski definition) is 1. The topological polar surface area (TPSA) is 48.1 Å². The molecule has 0 aliphatic heterocycles. The van der Waals surface area contributed by atoms with Gasteiger partial charge in [-0.2, -0.15) is 0 Å². The molecule has 4 heteroatoms. The van der Waals surface area contributed by atoms with E-state index in [0.29, 0.717) is 17.3 Å². The van der Waals surface area contributed by atoms with Gasteiger partial charge in [0.05, 0.1) is 5.69 Å². The number of halogens is 1. The molecule has 3 rings (SSSR count). The number of nitrogens with two attached hydrogens (primary N) is 1. The van der Waals surface area contributed by atoms with E-state index in [2.05, 4.69) is 27.0 Å². The van der Waals surface area contributed by atoms with E-state index in [-0.39, 0.29) is 0 Å². The molecule has 1 aromatic carbocycles. The van der Waals surface area contributed by atoms with E-state index in [1.165, 1.54) is 12.0 Å². The van der Waals surface area contributed by atoms with Crippen LogP contribution in [0.5, 0.6) is 11.6 Å². The standard InChI is InChI=1S/C14H13BrN2O/c15-10-5-6-13(11(16)8-10)18-14-7-4-9-2-1-3-12(9)17-14/h4-8H,1-3,16H2. The van der Waals surface area contributed by atoms with Gasteiger partial charge in [0, 0.05) is 16.2 Å². The molecule has 1 heterocycles. The number of pyridine rings is 1. The molecule has 0 radical (unpaired) electrons. The van der Waals surface area contributed by atoms with E-state index in [1.807, 2.05) is 24.3 Å². The van der Waals surface area contributed by atoms with Crippen molar-refractivity contribution in [1.82, 2.24) is 4.98 Å². The summed E-state index contributed by atoms with van der Waals surface area (Å²) in [4.78, 5) is 4.52. The van der Waals surface area contributed by atoms with Crippen LogP contribution in [0.3, 0.4) is 0 Å². The molecule has 0 spiro atoms. The second kappa shape index (κ2) is 4.61. The SMILES string of the molecule is Nc1cc(Br)ccc1Oc1ccc2c(n1)CCC2. The van der Waals surface area contributed by atoms with Gasteiger partial charge in [0.2, 0.25) is 5.88 Å². The predicted octanol–water partition coefficient (Wildman–Crippen LogP) is 3.71. The van der Waals surface area contributed by atoms with Crippen molar-refractivity contribution in [1.29, 1.82) is 0 Å². The molecule has 0 atom stereocenters. The molecular weight excluding hydrogens is 292 g/mol. The highest BCUT2D eigenvalue weighted by molar-refractivity contribution is 9.10. The Labute approximate surface area is 114 Å². The molecule has 0 fully saturated rings. The predicted molar refractivity (Wildman–Crippen MR) is 74.9 cm³/mol. The number of aromatic nitrogens is 1. The number of nitrogens with zero attached hydrogens (tertiary/aromatic N) is 1. The van der Waals surface area contributed by atoms with Crippen molar-refractivity contribution < 1.29 is 4.74 Å². The third-order valence-electron chi connectivity index (χ3n) is 3.09. The minimum absolute atomic E-state index is 0.603. The zero-order valence-electron chi connectivity index (χ0n) is 9.82. The molecule has 0 saturated heterocycles. The van der Waals surface area contributed by atoms with Crippen LogP contribution in [0.1, 0.15) is 17.7 Å². The van der Waals surface area contributed by atoms with Gasteiger partial charge in [-0.15, -0.1) is 0 Å². The van der Waals surface area contributed by atoms with Crippen molar-refractivity contribution in [3.8, 4) is 11.6 Å². The molecule has 1 aliphatic carbocycles. The molecule has 92 valence electrons. The molecule has 0 amide bonds. The lowest BCUT2D eigenvalue weighted by Crippen LogP contribution is -1.96. The molecule has 0 unspecified atom stereocenters. The number of fused-ring (bicyclic) bond motifs is 1. The van der Waals surface area contributed by atoms with Crippen LogP contribution >= 0.6 is 15.9 Å². The van der Waals surface area contributed by atoms with E-state index in [0.717, 1.165) is 23.0 Å². The summed E-state index contributed by atoms with van der Waals surface area (Å²) in [7, 11) is 0. The first kappa shape index (κ1) is 11.5. The number of benzene rings is 1. The first-order valence-electron chi connectivity index (χ1n) is 5.94. The molecule has 1 aliphatic rings. The molecule has 18 heavy (non-hydrogen) atoms. The molecule has 2 aromatic rings. The summed E-state index contributed by atoms with van der Waals surface area (Å²) in [6.45, 7) is 0. The maximum absolute atomic E-state index is 5.90. The van der Waals surface area contributed by atoms with Crippen LogP contribution in [0.25, 0.3) is 0 Å². The van der Waals surface area contributed by atoms with E-state index in [4.69, 9.17) is 10.5 Å². The highest BCUT2D eigenvalue weighted by atomic mass is 79.9. The Morgan fingerprint density at radius 3 is 2.89 bits per heavy atom. The minimum atomic E-state index is 0.603. The molecule has 2 N–H and O–H groups in total. The van der Waals surface area contributed by atoms with Crippen LogP contribution in [-0.4, -0.2) is 4.98 Å².